The minimum Gasteiger partial charge on any atom is -0.332 e. The summed E-state index contributed by atoms with van der Waals surface area (Å²) < 4.78 is 1.93. The molecule has 0 atom stereocenters. The van der Waals surface area contributed by atoms with Crippen molar-refractivity contribution >= 4 is 17.2 Å². The summed E-state index contributed by atoms with van der Waals surface area (Å²) in [6.45, 7) is 2.27. The van der Waals surface area contributed by atoms with E-state index in [0.29, 0.717) is 6.54 Å². The van der Waals surface area contributed by atoms with Crippen molar-refractivity contribution in [3.63, 3.8) is 0 Å². The van der Waals surface area contributed by atoms with Crippen LogP contribution in [0.3, 0.4) is 0 Å². The van der Waals surface area contributed by atoms with Gasteiger partial charge >= 0.3 is 0 Å². The first kappa shape index (κ1) is 14.3. The van der Waals surface area contributed by atoms with E-state index < -0.39 is 0 Å². The maximum absolute atomic E-state index is 12.5. The maximum Gasteiger partial charge on any atom is 0.255 e. The van der Waals surface area contributed by atoms with Crippen LogP contribution in [-0.2, 0) is 26.6 Å². The highest BCUT2D eigenvalue weighted by Gasteiger charge is 2.27. The van der Waals surface area contributed by atoms with Crippen LogP contribution < -0.4 is 0 Å². The minimum absolute atomic E-state index is 0.122. The number of hydrogen-bond acceptors (Lipinski definition) is 4. The Kier molecular flexibility index (Phi) is 3.82. The topological polar surface area (TPSA) is 41.4 Å². The number of fused-ring (bicyclic) bond motifs is 1. The third-order valence-corrected chi connectivity index (χ3v) is 4.53. The Labute approximate surface area is 128 Å². The molecule has 5 nitrogen and oxygen atoms in total. The molecule has 0 aliphatic carbocycles. The molecule has 1 aliphatic heterocycles. The average Bonchev–Trinajstić information content (AvgIpc) is 3.07. The lowest BCUT2D eigenvalue weighted by atomic mass is 10.0. The van der Waals surface area contributed by atoms with E-state index in [0.717, 1.165) is 30.8 Å². The SMILES string of the molecule is CN(C)Cc1nn(C)c2c1CCN(C(=O)c1ccsc1)C2. The Bertz CT molecular complexity index is 645. The summed E-state index contributed by atoms with van der Waals surface area (Å²) in [5.41, 5.74) is 4.42. The Morgan fingerprint density at radius 2 is 2.29 bits per heavy atom. The molecule has 2 aromatic heterocycles. The monoisotopic (exact) mass is 304 g/mol. The number of nitrogens with zero attached hydrogens (tertiary/aromatic N) is 4. The van der Waals surface area contributed by atoms with E-state index in [4.69, 9.17) is 0 Å². The summed E-state index contributed by atoms with van der Waals surface area (Å²) in [5, 5.41) is 8.49. The number of carbonyl (C=O) groups excluding carboxylic acids is 1. The quantitative estimate of drug-likeness (QED) is 0.867. The first-order valence-corrected chi connectivity index (χ1v) is 8.00. The van der Waals surface area contributed by atoms with Crippen LogP contribution in [-0.4, -0.2) is 46.1 Å². The predicted octanol–water partition coefficient (Wildman–Crippen LogP) is 1.74. The van der Waals surface area contributed by atoms with E-state index in [-0.39, 0.29) is 5.91 Å². The van der Waals surface area contributed by atoms with E-state index in [1.807, 2.05) is 33.5 Å². The Morgan fingerprint density at radius 1 is 1.48 bits per heavy atom. The highest BCUT2D eigenvalue weighted by atomic mass is 32.1. The van der Waals surface area contributed by atoms with E-state index in [2.05, 4.69) is 24.1 Å². The lowest BCUT2D eigenvalue weighted by Gasteiger charge is -2.27. The molecule has 0 saturated carbocycles. The standard InChI is InChI=1S/C15H20N4OS/c1-17(2)8-13-12-4-6-19(9-14(12)18(3)16-13)15(20)11-5-7-21-10-11/h5,7,10H,4,6,8-9H2,1-3H3. The molecule has 2 aromatic rings. The summed E-state index contributed by atoms with van der Waals surface area (Å²) >= 11 is 1.56. The van der Waals surface area contributed by atoms with Crippen LogP contribution in [0.4, 0.5) is 0 Å². The first-order chi connectivity index (χ1) is 10.1. The third-order valence-electron chi connectivity index (χ3n) is 3.85. The van der Waals surface area contributed by atoms with Crippen molar-refractivity contribution < 1.29 is 4.79 Å². The number of aryl methyl sites for hydroxylation is 1. The van der Waals surface area contributed by atoms with E-state index in [1.54, 1.807) is 11.3 Å². The maximum atomic E-state index is 12.5. The molecule has 3 heterocycles. The van der Waals surface area contributed by atoms with Gasteiger partial charge in [-0.3, -0.25) is 9.48 Å². The van der Waals surface area contributed by atoms with Gasteiger partial charge in [-0.25, -0.2) is 0 Å². The summed E-state index contributed by atoms with van der Waals surface area (Å²) in [5.74, 6) is 0.122. The summed E-state index contributed by atoms with van der Waals surface area (Å²) in [6, 6.07) is 1.89. The molecule has 6 heteroatoms. The van der Waals surface area contributed by atoms with Crippen LogP contribution >= 0.6 is 11.3 Å². The highest BCUT2D eigenvalue weighted by molar-refractivity contribution is 7.08. The van der Waals surface area contributed by atoms with Gasteiger partial charge < -0.3 is 9.80 Å². The molecule has 0 fully saturated rings. The highest BCUT2D eigenvalue weighted by Crippen LogP contribution is 2.24. The average molecular weight is 304 g/mol. The number of hydrogen-bond donors (Lipinski definition) is 0. The second kappa shape index (κ2) is 5.61. The molecule has 1 amide bonds. The zero-order valence-corrected chi connectivity index (χ0v) is 13.5. The fraction of sp³-hybridized carbons (Fsp3) is 0.467. The fourth-order valence-corrected chi connectivity index (χ4v) is 3.46. The van der Waals surface area contributed by atoms with Gasteiger partial charge in [0.1, 0.15) is 0 Å². The second-order valence-corrected chi connectivity index (χ2v) is 6.50. The summed E-state index contributed by atoms with van der Waals surface area (Å²) in [6.07, 6.45) is 0.891. The van der Waals surface area contributed by atoms with Gasteiger partial charge in [-0.15, -0.1) is 0 Å². The normalized spacial score (nSPS) is 14.6. The Hall–Kier alpha value is -1.66. The van der Waals surface area contributed by atoms with Crippen molar-refractivity contribution in [3.8, 4) is 0 Å². The van der Waals surface area contributed by atoms with E-state index >= 15 is 0 Å². The first-order valence-electron chi connectivity index (χ1n) is 7.06. The molecule has 0 radical (unpaired) electrons. The molecular weight excluding hydrogens is 284 g/mol. The zero-order valence-electron chi connectivity index (χ0n) is 12.7. The lowest BCUT2D eigenvalue weighted by Crippen LogP contribution is -2.36. The molecule has 21 heavy (non-hydrogen) atoms. The van der Waals surface area contributed by atoms with Gasteiger partial charge in [0.25, 0.3) is 5.91 Å². The van der Waals surface area contributed by atoms with Crippen LogP contribution in [0.2, 0.25) is 0 Å². The Balaban J connectivity index is 1.83. The van der Waals surface area contributed by atoms with Gasteiger partial charge in [-0.2, -0.15) is 16.4 Å². The van der Waals surface area contributed by atoms with Gasteiger partial charge in [-0.1, -0.05) is 0 Å². The van der Waals surface area contributed by atoms with Crippen LogP contribution in [0, 0.1) is 0 Å². The Morgan fingerprint density at radius 3 is 2.95 bits per heavy atom. The molecule has 112 valence electrons. The van der Waals surface area contributed by atoms with Gasteiger partial charge in [0, 0.05) is 31.1 Å². The van der Waals surface area contributed by atoms with Crippen molar-refractivity contribution in [2.24, 2.45) is 7.05 Å². The lowest BCUT2D eigenvalue weighted by molar-refractivity contribution is 0.0730. The van der Waals surface area contributed by atoms with Crippen LogP contribution in [0.15, 0.2) is 16.8 Å². The minimum atomic E-state index is 0.122. The van der Waals surface area contributed by atoms with Crippen LogP contribution in [0.25, 0.3) is 0 Å². The second-order valence-electron chi connectivity index (χ2n) is 5.72. The van der Waals surface area contributed by atoms with Crippen molar-refractivity contribution in [2.45, 2.75) is 19.5 Å². The summed E-state index contributed by atoms with van der Waals surface area (Å²) in [4.78, 5) is 16.5. The molecule has 3 rings (SSSR count). The number of amides is 1. The van der Waals surface area contributed by atoms with Crippen molar-refractivity contribution in [2.75, 3.05) is 20.6 Å². The molecule has 0 spiro atoms. The largest absolute Gasteiger partial charge is 0.332 e. The van der Waals surface area contributed by atoms with Gasteiger partial charge in [0.15, 0.2) is 0 Å². The number of aromatic nitrogens is 2. The van der Waals surface area contributed by atoms with Crippen LogP contribution in [0.5, 0.6) is 0 Å². The van der Waals surface area contributed by atoms with E-state index in [9.17, 15) is 4.79 Å². The molecule has 0 saturated heterocycles. The number of thiophene rings is 1. The smallest absolute Gasteiger partial charge is 0.255 e. The van der Waals surface area contributed by atoms with Gasteiger partial charge in [0.05, 0.1) is 23.5 Å². The molecular formula is C15H20N4OS. The van der Waals surface area contributed by atoms with Gasteiger partial charge in [-0.05, 0) is 32.0 Å². The van der Waals surface area contributed by atoms with Crippen molar-refractivity contribution in [3.05, 3.63) is 39.3 Å². The van der Waals surface area contributed by atoms with E-state index in [1.165, 1.54) is 11.3 Å². The predicted molar refractivity (Wildman–Crippen MR) is 83.4 cm³/mol. The molecule has 0 N–H and O–H groups in total. The molecule has 0 aromatic carbocycles. The molecule has 1 aliphatic rings. The molecule has 0 unspecified atom stereocenters. The van der Waals surface area contributed by atoms with Crippen LogP contribution in [0.1, 0.15) is 27.3 Å². The van der Waals surface area contributed by atoms with Crippen molar-refractivity contribution in [1.82, 2.24) is 19.6 Å². The summed E-state index contributed by atoms with van der Waals surface area (Å²) in [7, 11) is 6.07. The zero-order chi connectivity index (χ0) is 15.0. The van der Waals surface area contributed by atoms with Crippen molar-refractivity contribution in [1.29, 1.82) is 0 Å². The fourth-order valence-electron chi connectivity index (χ4n) is 2.83. The van der Waals surface area contributed by atoms with Gasteiger partial charge in [0.2, 0.25) is 0 Å². The number of carbonyl (C=O) groups is 1. The molecule has 0 bridgehead atoms. The third kappa shape index (κ3) is 2.73. The number of rotatable bonds is 3.